The molecule has 17 heavy (non-hydrogen) atoms. The number of aryl methyl sites for hydroxylation is 1. The predicted octanol–water partition coefficient (Wildman–Crippen LogP) is 2.44. The fourth-order valence-electron chi connectivity index (χ4n) is 1.78. The zero-order chi connectivity index (χ0) is 12.4. The molecule has 0 saturated heterocycles. The van der Waals surface area contributed by atoms with E-state index in [1.807, 2.05) is 26.1 Å². The Kier molecular flexibility index (Phi) is 3.92. The Bertz CT molecular complexity index is 405. The summed E-state index contributed by atoms with van der Waals surface area (Å²) in [7, 11) is 1.81. The standard InChI is InChI=1S/C13H18ClNO2/c1-8-5-10(12(16)7-15-2)13(11(14)6-8)17-9-3-4-9/h5-6,9,12,15-16H,3-4,7H2,1-2H3. The van der Waals surface area contributed by atoms with Gasteiger partial charge >= 0.3 is 0 Å². The predicted molar refractivity (Wildman–Crippen MR) is 68.7 cm³/mol. The lowest BCUT2D eigenvalue weighted by Crippen LogP contribution is -2.18. The summed E-state index contributed by atoms with van der Waals surface area (Å²) in [6, 6.07) is 3.81. The van der Waals surface area contributed by atoms with Gasteiger partial charge in [-0.05, 0) is 44.5 Å². The average molecular weight is 256 g/mol. The Balaban J connectivity index is 2.31. The number of aliphatic hydroxyl groups excluding tert-OH is 1. The van der Waals surface area contributed by atoms with Crippen molar-refractivity contribution in [3.8, 4) is 5.75 Å². The Hall–Kier alpha value is -0.770. The van der Waals surface area contributed by atoms with E-state index in [-0.39, 0.29) is 6.10 Å². The molecule has 3 nitrogen and oxygen atoms in total. The van der Waals surface area contributed by atoms with E-state index in [4.69, 9.17) is 16.3 Å². The molecule has 0 bridgehead atoms. The third kappa shape index (κ3) is 3.12. The molecule has 0 radical (unpaired) electrons. The van der Waals surface area contributed by atoms with E-state index in [0.29, 0.717) is 17.3 Å². The summed E-state index contributed by atoms with van der Waals surface area (Å²) in [6.07, 6.45) is 1.83. The van der Waals surface area contributed by atoms with Crippen LogP contribution < -0.4 is 10.1 Å². The van der Waals surface area contributed by atoms with Crippen molar-refractivity contribution in [2.75, 3.05) is 13.6 Å². The number of halogens is 1. The van der Waals surface area contributed by atoms with Crippen molar-refractivity contribution >= 4 is 11.6 Å². The second-order valence-corrected chi connectivity index (χ2v) is 4.96. The minimum absolute atomic E-state index is 0.274. The molecule has 2 N–H and O–H groups in total. The molecule has 1 aromatic rings. The van der Waals surface area contributed by atoms with Gasteiger partial charge in [0.15, 0.2) is 0 Å². The maximum atomic E-state index is 10.1. The first-order valence-electron chi connectivity index (χ1n) is 5.91. The summed E-state index contributed by atoms with van der Waals surface area (Å²) in [5, 5.41) is 13.6. The Morgan fingerprint density at radius 3 is 2.82 bits per heavy atom. The van der Waals surface area contributed by atoms with Crippen LogP contribution in [-0.2, 0) is 0 Å². The Labute approximate surface area is 107 Å². The molecule has 0 aromatic heterocycles. The van der Waals surface area contributed by atoms with Gasteiger partial charge < -0.3 is 15.2 Å². The highest BCUT2D eigenvalue weighted by Crippen LogP contribution is 2.38. The van der Waals surface area contributed by atoms with E-state index in [9.17, 15) is 5.11 Å². The lowest BCUT2D eigenvalue weighted by atomic mass is 10.0. The van der Waals surface area contributed by atoms with Crippen LogP contribution in [0.3, 0.4) is 0 Å². The third-order valence-electron chi connectivity index (χ3n) is 2.78. The van der Waals surface area contributed by atoms with Crippen LogP contribution in [0.4, 0.5) is 0 Å². The van der Waals surface area contributed by atoms with Gasteiger partial charge in [-0.1, -0.05) is 11.6 Å². The normalized spacial score (nSPS) is 16.9. The second kappa shape index (κ2) is 5.25. The van der Waals surface area contributed by atoms with Gasteiger partial charge in [0.05, 0.1) is 17.2 Å². The van der Waals surface area contributed by atoms with Gasteiger partial charge in [0.1, 0.15) is 5.75 Å². The number of aliphatic hydroxyl groups is 1. The fraction of sp³-hybridized carbons (Fsp3) is 0.538. The smallest absolute Gasteiger partial charge is 0.144 e. The molecular formula is C13H18ClNO2. The largest absolute Gasteiger partial charge is 0.488 e. The maximum absolute atomic E-state index is 10.1. The third-order valence-corrected chi connectivity index (χ3v) is 3.06. The minimum atomic E-state index is -0.592. The first-order chi connectivity index (χ1) is 8.11. The van der Waals surface area contributed by atoms with Crippen LogP contribution in [0.25, 0.3) is 0 Å². The maximum Gasteiger partial charge on any atom is 0.144 e. The zero-order valence-electron chi connectivity index (χ0n) is 10.2. The lowest BCUT2D eigenvalue weighted by Gasteiger charge is -2.18. The Morgan fingerprint density at radius 1 is 1.53 bits per heavy atom. The van der Waals surface area contributed by atoms with Crippen LogP contribution in [0.5, 0.6) is 5.75 Å². The van der Waals surface area contributed by atoms with E-state index in [0.717, 1.165) is 24.0 Å². The zero-order valence-corrected chi connectivity index (χ0v) is 10.9. The van der Waals surface area contributed by atoms with Gasteiger partial charge in [-0.3, -0.25) is 0 Å². The number of rotatable bonds is 5. The quantitative estimate of drug-likeness (QED) is 0.849. The molecule has 4 heteroatoms. The van der Waals surface area contributed by atoms with Crippen LogP contribution in [0, 0.1) is 6.92 Å². The highest BCUT2D eigenvalue weighted by molar-refractivity contribution is 6.32. The molecule has 1 saturated carbocycles. The first-order valence-corrected chi connectivity index (χ1v) is 6.29. The number of ether oxygens (including phenoxy) is 1. The molecule has 0 heterocycles. The van der Waals surface area contributed by atoms with Crippen molar-refractivity contribution < 1.29 is 9.84 Å². The number of likely N-dealkylation sites (N-methyl/N-ethyl adjacent to an activating group) is 1. The van der Waals surface area contributed by atoms with Crippen molar-refractivity contribution in [1.82, 2.24) is 5.32 Å². The van der Waals surface area contributed by atoms with Gasteiger partial charge in [0.25, 0.3) is 0 Å². The summed E-state index contributed by atoms with van der Waals surface area (Å²) in [4.78, 5) is 0. The molecule has 0 aliphatic heterocycles. The van der Waals surface area contributed by atoms with E-state index in [1.165, 1.54) is 0 Å². The monoisotopic (exact) mass is 255 g/mol. The van der Waals surface area contributed by atoms with Crippen molar-refractivity contribution in [2.45, 2.75) is 32.0 Å². The highest BCUT2D eigenvalue weighted by Gasteiger charge is 2.27. The van der Waals surface area contributed by atoms with Crippen molar-refractivity contribution in [3.63, 3.8) is 0 Å². The molecule has 94 valence electrons. The van der Waals surface area contributed by atoms with Crippen LogP contribution in [0.1, 0.15) is 30.1 Å². The molecule has 1 fully saturated rings. The molecule has 2 rings (SSSR count). The van der Waals surface area contributed by atoms with Crippen molar-refractivity contribution in [2.24, 2.45) is 0 Å². The lowest BCUT2D eigenvalue weighted by molar-refractivity contribution is 0.170. The van der Waals surface area contributed by atoms with E-state index < -0.39 is 6.10 Å². The van der Waals surface area contributed by atoms with Crippen LogP contribution >= 0.6 is 11.6 Å². The molecule has 1 atom stereocenters. The molecule has 0 spiro atoms. The summed E-state index contributed by atoms with van der Waals surface area (Å²) in [5.74, 6) is 0.641. The van der Waals surface area contributed by atoms with Gasteiger partial charge in [0, 0.05) is 12.1 Å². The number of nitrogens with one attached hydrogen (secondary N) is 1. The fourth-order valence-corrected chi connectivity index (χ4v) is 2.11. The number of hydrogen-bond donors (Lipinski definition) is 2. The van der Waals surface area contributed by atoms with Crippen LogP contribution in [0.2, 0.25) is 5.02 Å². The SMILES string of the molecule is CNCC(O)c1cc(C)cc(Cl)c1OC1CC1. The summed E-state index contributed by atoms with van der Waals surface area (Å²) < 4.78 is 5.79. The summed E-state index contributed by atoms with van der Waals surface area (Å²) >= 11 is 6.19. The van der Waals surface area contributed by atoms with E-state index in [2.05, 4.69) is 5.32 Å². The number of benzene rings is 1. The summed E-state index contributed by atoms with van der Waals surface area (Å²) in [5.41, 5.74) is 1.81. The first kappa shape index (κ1) is 12.7. The van der Waals surface area contributed by atoms with Gasteiger partial charge in [-0.2, -0.15) is 0 Å². The molecule has 0 amide bonds. The van der Waals surface area contributed by atoms with Gasteiger partial charge in [-0.15, -0.1) is 0 Å². The van der Waals surface area contributed by atoms with E-state index in [1.54, 1.807) is 0 Å². The minimum Gasteiger partial charge on any atom is -0.488 e. The second-order valence-electron chi connectivity index (χ2n) is 4.56. The van der Waals surface area contributed by atoms with Crippen molar-refractivity contribution in [1.29, 1.82) is 0 Å². The topological polar surface area (TPSA) is 41.5 Å². The molecule has 1 aromatic carbocycles. The molecule has 1 unspecified atom stereocenters. The Morgan fingerprint density at radius 2 is 2.24 bits per heavy atom. The molecular weight excluding hydrogens is 238 g/mol. The molecule has 1 aliphatic rings. The van der Waals surface area contributed by atoms with Crippen molar-refractivity contribution in [3.05, 3.63) is 28.3 Å². The van der Waals surface area contributed by atoms with Gasteiger partial charge in [-0.25, -0.2) is 0 Å². The average Bonchev–Trinajstić information content (AvgIpc) is 3.05. The van der Waals surface area contributed by atoms with Crippen LogP contribution in [-0.4, -0.2) is 24.8 Å². The summed E-state index contributed by atoms with van der Waals surface area (Å²) in [6.45, 7) is 2.45. The molecule has 1 aliphatic carbocycles. The van der Waals surface area contributed by atoms with Crippen LogP contribution in [0.15, 0.2) is 12.1 Å². The number of hydrogen-bond acceptors (Lipinski definition) is 3. The highest BCUT2D eigenvalue weighted by atomic mass is 35.5. The van der Waals surface area contributed by atoms with E-state index >= 15 is 0 Å². The van der Waals surface area contributed by atoms with Gasteiger partial charge in [0.2, 0.25) is 0 Å².